The van der Waals surface area contributed by atoms with E-state index >= 15 is 0 Å². The van der Waals surface area contributed by atoms with E-state index in [2.05, 4.69) is 64.3 Å². The summed E-state index contributed by atoms with van der Waals surface area (Å²) in [6.07, 6.45) is 2.55. The van der Waals surface area contributed by atoms with Crippen LogP contribution in [0.5, 0.6) is 0 Å². The fraction of sp³-hybridized carbons (Fsp3) is 0.625. The highest BCUT2D eigenvalue weighted by molar-refractivity contribution is 5.42. The van der Waals surface area contributed by atoms with Gasteiger partial charge in [0.2, 0.25) is 0 Å². The van der Waals surface area contributed by atoms with Gasteiger partial charge in [0.05, 0.1) is 0 Å². The second kappa shape index (κ2) is 4.13. The molecule has 17 heavy (non-hydrogen) atoms. The minimum absolute atomic E-state index is 0.239. The van der Waals surface area contributed by atoms with Gasteiger partial charge in [-0.3, -0.25) is 0 Å². The van der Waals surface area contributed by atoms with E-state index in [1.54, 1.807) is 0 Å². The largest absolute Gasteiger partial charge is 0.310 e. The third-order valence-corrected chi connectivity index (χ3v) is 4.81. The SMILES string of the molecule is CNC1(c2ccccc2C(C)(C)C(C)C)CC1. The molecule has 0 radical (unpaired) electrons. The lowest BCUT2D eigenvalue weighted by molar-refractivity contribution is 0.364. The van der Waals surface area contributed by atoms with E-state index in [1.165, 1.54) is 24.0 Å². The Balaban J connectivity index is 2.49. The van der Waals surface area contributed by atoms with Crippen LogP contribution in [0, 0.1) is 5.92 Å². The van der Waals surface area contributed by atoms with E-state index in [0.29, 0.717) is 5.92 Å². The molecule has 0 bridgehead atoms. The first kappa shape index (κ1) is 12.6. The highest BCUT2D eigenvalue weighted by atomic mass is 15.0. The van der Waals surface area contributed by atoms with Crippen LogP contribution in [0.4, 0.5) is 0 Å². The summed E-state index contributed by atoms with van der Waals surface area (Å²) in [5.41, 5.74) is 3.54. The Kier molecular flexibility index (Phi) is 3.07. The van der Waals surface area contributed by atoms with Crippen LogP contribution in [0.3, 0.4) is 0 Å². The van der Waals surface area contributed by atoms with Gasteiger partial charge in [0.1, 0.15) is 0 Å². The van der Waals surface area contributed by atoms with Gasteiger partial charge < -0.3 is 5.32 Å². The Hall–Kier alpha value is -0.820. The zero-order chi connectivity index (χ0) is 12.7. The normalized spacial score (nSPS) is 18.5. The van der Waals surface area contributed by atoms with Crippen molar-refractivity contribution in [3.8, 4) is 0 Å². The first-order valence-corrected chi connectivity index (χ1v) is 6.73. The van der Waals surface area contributed by atoms with Crippen LogP contribution in [0.1, 0.15) is 51.7 Å². The number of nitrogens with one attached hydrogen (secondary N) is 1. The predicted octanol–water partition coefficient (Wildman–Crippen LogP) is 3.83. The molecule has 0 atom stereocenters. The maximum Gasteiger partial charge on any atom is 0.0436 e. The minimum Gasteiger partial charge on any atom is -0.310 e. The second-order valence-electron chi connectivity index (χ2n) is 6.25. The van der Waals surface area contributed by atoms with Gasteiger partial charge in [0.15, 0.2) is 0 Å². The van der Waals surface area contributed by atoms with E-state index in [0.717, 1.165) is 0 Å². The van der Waals surface area contributed by atoms with Crippen molar-refractivity contribution >= 4 is 0 Å². The first-order valence-electron chi connectivity index (χ1n) is 6.73. The van der Waals surface area contributed by atoms with Crippen molar-refractivity contribution in [3.05, 3.63) is 35.4 Å². The van der Waals surface area contributed by atoms with Gasteiger partial charge in [-0.05, 0) is 42.3 Å². The average Bonchev–Trinajstić information content (AvgIpc) is 3.09. The van der Waals surface area contributed by atoms with Crippen LogP contribution in [0.2, 0.25) is 0 Å². The molecule has 1 heteroatoms. The summed E-state index contributed by atoms with van der Waals surface area (Å²) in [5.74, 6) is 0.649. The van der Waals surface area contributed by atoms with Gasteiger partial charge in [-0.1, -0.05) is 52.0 Å². The van der Waals surface area contributed by atoms with Crippen LogP contribution in [-0.4, -0.2) is 7.05 Å². The third kappa shape index (κ3) is 2.01. The van der Waals surface area contributed by atoms with E-state index < -0.39 is 0 Å². The second-order valence-corrected chi connectivity index (χ2v) is 6.25. The van der Waals surface area contributed by atoms with Gasteiger partial charge in [0, 0.05) is 5.54 Å². The molecule has 1 nitrogen and oxygen atoms in total. The smallest absolute Gasteiger partial charge is 0.0436 e. The first-order chi connectivity index (χ1) is 7.94. The lowest BCUT2D eigenvalue weighted by atomic mass is 9.72. The molecule has 1 aromatic carbocycles. The summed E-state index contributed by atoms with van der Waals surface area (Å²) in [4.78, 5) is 0. The van der Waals surface area contributed by atoms with Gasteiger partial charge in [-0.2, -0.15) is 0 Å². The molecular formula is C16H25N. The molecule has 0 amide bonds. The molecule has 0 aromatic heterocycles. The Morgan fingerprint density at radius 2 is 1.76 bits per heavy atom. The van der Waals surface area contributed by atoms with E-state index in [1.807, 2.05) is 0 Å². The summed E-state index contributed by atoms with van der Waals surface area (Å²) >= 11 is 0. The van der Waals surface area contributed by atoms with Crippen molar-refractivity contribution in [1.29, 1.82) is 0 Å². The van der Waals surface area contributed by atoms with Crippen molar-refractivity contribution in [3.63, 3.8) is 0 Å². The summed E-state index contributed by atoms with van der Waals surface area (Å²) in [7, 11) is 2.09. The molecule has 0 unspecified atom stereocenters. The van der Waals surface area contributed by atoms with E-state index in [4.69, 9.17) is 0 Å². The maximum atomic E-state index is 3.52. The predicted molar refractivity (Wildman–Crippen MR) is 74.3 cm³/mol. The molecule has 1 aliphatic rings. The molecule has 1 saturated carbocycles. The number of rotatable bonds is 4. The third-order valence-electron chi connectivity index (χ3n) is 4.81. The number of benzene rings is 1. The van der Waals surface area contributed by atoms with Gasteiger partial charge >= 0.3 is 0 Å². The van der Waals surface area contributed by atoms with Crippen LogP contribution in [0.15, 0.2) is 24.3 Å². The molecule has 1 N–H and O–H groups in total. The molecule has 0 heterocycles. The Labute approximate surface area is 106 Å². The van der Waals surface area contributed by atoms with Crippen molar-refractivity contribution in [2.75, 3.05) is 7.05 Å². The maximum absolute atomic E-state index is 3.52. The number of hydrogen-bond donors (Lipinski definition) is 1. The van der Waals surface area contributed by atoms with Crippen molar-refractivity contribution in [2.45, 2.75) is 51.5 Å². The Bertz CT molecular complexity index is 400. The summed E-state index contributed by atoms with van der Waals surface area (Å²) in [6, 6.07) is 8.97. The monoisotopic (exact) mass is 231 g/mol. The fourth-order valence-electron chi connectivity index (χ4n) is 2.55. The fourth-order valence-corrected chi connectivity index (χ4v) is 2.55. The summed E-state index contributed by atoms with van der Waals surface area (Å²) in [5, 5.41) is 3.52. The molecule has 0 aliphatic heterocycles. The molecule has 1 fully saturated rings. The quantitative estimate of drug-likeness (QED) is 0.830. The van der Waals surface area contributed by atoms with Crippen LogP contribution in [-0.2, 0) is 11.0 Å². The molecule has 2 rings (SSSR count). The highest BCUT2D eigenvalue weighted by Gasteiger charge is 2.45. The standard InChI is InChI=1S/C16H25N/c1-12(2)15(3,4)13-8-6-7-9-14(13)16(17-5)10-11-16/h6-9,12,17H,10-11H2,1-5H3. The summed E-state index contributed by atoms with van der Waals surface area (Å²) < 4.78 is 0. The highest BCUT2D eigenvalue weighted by Crippen LogP contribution is 2.49. The van der Waals surface area contributed by atoms with Crippen molar-refractivity contribution in [1.82, 2.24) is 5.32 Å². The lowest BCUT2D eigenvalue weighted by Crippen LogP contribution is -2.32. The van der Waals surface area contributed by atoms with Crippen LogP contribution in [0.25, 0.3) is 0 Å². The van der Waals surface area contributed by atoms with Gasteiger partial charge in [0.25, 0.3) is 0 Å². The Morgan fingerprint density at radius 1 is 1.18 bits per heavy atom. The molecule has 0 spiro atoms. The molecule has 94 valence electrons. The Morgan fingerprint density at radius 3 is 2.24 bits per heavy atom. The number of hydrogen-bond acceptors (Lipinski definition) is 1. The van der Waals surface area contributed by atoms with E-state index in [9.17, 15) is 0 Å². The zero-order valence-electron chi connectivity index (χ0n) is 11.8. The zero-order valence-corrected chi connectivity index (χ0v) is 11.8. The summed E-state index contributed by atoms with van der Waals surface area (Å²) in [6.45, 7) is 9.36. The van der Waals surface area contributed by atoms with Gasteiger partial charge in [-0.15, -0.1) is 0 Å². The molecule has 1 aliphatic carbocycles. The van der Waals surface area contributed by atoms with E-state index in [-0.39, 0.29) is 11.0 Å². The lowest BCUT2D eigenvalue weighted by Gasteiger charge is -2.34. The molecule has 0 saturated heterocycles. The van der Waals surface area contributed by atoms with Crippen molar-refractivity contribution in [2.24, 2.45) is 5.92 Å². The topological polar surface area (TPSA) is 12.0 Å². The van der Waals surface area contributed by atoms with Crippen LogP contribution >= 0.6 is 0 Å². The molecule has 1 aromatic rings. The van der Waals surface area contributed by atoms with Crippen molar-refractivity contribution < 1.29 is 0 Å². The molecular weight excluding hydrogens is 206 g/mol. The minimum atomic E-state index is 0.239. The average molecular weight is 231 g/mol. The van der Waals surface area contributed by atoms with Gasteiger partial charge in [-0.25, -0.2) is 0 Å². The van der Waals surface area contributed by atoms with Crippen LogP contribution < -0.4 is 5.32 Å².